The Balaban J connectivity index is 3.11. The number of alkyl halides is 6. The van der Waals surface area contributed by atoms with Crippen LogP contribution in [0, 0.1) is 5.92 Å². The first-order valence-electron chi connectivity index (χ1n) is 4.17. The lowest BCUT2D eigenvalue weighted by molar-refractivity contribution is -0.186. The highest BCUT2D eigenvalue weighted by Crippen LogP contribution is 2.46. The van der Waals surface area contributed by atoms with E-state index in [4.69, 9.17) is 0 Å². The van der Waals surface area contributed by atoms with Gasteiger partial charge in [0.05, 0.1) is 5.57 Å². The fraction of sp³-hybridized carbons (Fsp3) is 0.750. The van der Waals surface area contributed by atoms with Gasteiger partial charge in [-0.25, -0.2) is 0 Å². The van der Waals surface area contributed by atoms with Gasteiger partial charge in [0.2, 0.25) is 0 Å². The van der Waals surface area contributed by atoms with E-state index >= 15 is 0 Å². The lowest BCUT2D eigenvalue weighted by Crippen LogP contribution is -2.31. The lowest BCUT2D eigenvalue weighted by Gasteiger charge is -2.18. The fourth-order valence-corrected chi connectivity index (χ4v) is 1.45. The standard InChI is InChI=1S/C8H8F6O/c1-2-5-6(8(12,13)14)4(3-15-5)7(9,10)11/h4H,2-3H2,1H3. The van der Waals surface area contributed by atoms with Gasteiger partial charge in [0.1, 0.15) is 18.3 Å². The van der Waals surface area contributed by atoms with E-state index in [9.17, 15) is 26.3 Å². The molecular formula is C8H8F6O. The third kappa shape index (κ3) is 2.38. The molecule has 7 heteroatoms. The molecule has 0 radical (unpaired) electrons. The van der Waals surface area contributed by atoms with Crippen LogP contribution in [-0.4, -0.2) is 19.0 Å². The predicted molar refractivity (Wildman–Crippen MR) is 38.9 cm³/mol. The largest absolute Gasteiger partial charge is 0.497 e. The van der Waals surface area contributed by atoms with Gasteiger partial charge in [0.15, 0.2) is 0 Å². The maximum absolute atomic E-state index is 12.3. The van der Waals surface area contributed by atoms with E-state index < -0.39 is 36.2 Å². The first-order chi connectivity index (χ1) is 6.68. The van der Waals surface area contributed by atoms with Crippen LogP contribution in [0.15, 0.2) is 11.3 Å². The van der Waals surface area contributed by atoms with E-state index in [1.807, 2.05) is 0 Å². The molecule has 1 unspecified atom stereocenters. The van der Waals surface area contributed by atoms with Crippen molar-refractivity contribution in [2.75, 3.05) is 6.61 Å². The second-order valence-corrected chi connectivity index (χ2v) is 3.09. The summed E-state index contributed by atoms with van der Waals surface area (Å²) in [5, 5.41) is 0. The van der Waals surface area contributed by atoms with Crippen LogP contribution in [0.2, 0.25) is 0 Å². The van der Waals surface area contributed by atoms with Crippen LogP contribution in [0.25, 0.3) is 0 Å². The Bertz CT molecular complexity index is 274. The van der Waals surface area contributed by atoms with Crippen molar-refractivity contribution < 1.29 is 31.1 Å². The fourth-order valence-electron chi connectivity index (χ4n) is 1.45. The minimum atomic E-state index is -4.98. The minimum Gasteiger partial charge on any atom is -0.497 e. The Kier molecular flexibility index (Phi) is 2.93. The molecule has 0 saturated carbocycles. The first kappa shape index (κ1) is 12.2. The summed E-state index contributed by atoms with van der Waals surface area (Å²) in [5.74, 6) is -3.16. The second-order valence-electron chi connectivity index (χ2n) is 3.09. The Labute approximate surface area is 81.7 Å². The highest BCUT2D eigenvalue weighted by Gasteiger charge is 2.55. The van der Waals surface area contributed by atoms with Crippen LogP contribution < -0.4 is 0 Å². The van der Waals surface area contributed by atoms with Crippen molar-refractivity contribution in [1.29, 1.82) is 0 Å². The molecule has 15 heavy (non-hydrogen) atoms. The number of hydrogen-bond acceptors (Lipinski definition) is 1. The molecule has 0 aromatic rings. The first-order valence-corrected chi connectivity index (χ1v) is 4.17. The van der Waals surface area contributed by atoms with Crippen LogP contribution in [0.1, 0.15) is 13.3 Å². The van der Waals surface area contributed by atoms with E-state index in [1.165, 1.54) is 6.92 Å². The minimum absolute atomic E-state index is 0.193. The van der Waals surface area contributed by atoms with Gasteiger partial charge in [0, 0.05) is 6.42 Å². The predicted octanol–water partition coefficient (Wildman–Crippen LogP) is 3.42. The SMILES string of the molecule is CCC1=C(C(F)(F)F)C(C(F)(F)F)CO1. The molecule has 1 atom stereocenters. The molecule has 0 aliphatic carbocycles. The maximum atomic E-state index is 12.3. The molecule has 0 fully saturated rings. The molecule has 1 heterocycles. The lowest BCUT2D eigenvalue weighted by atomic mass is 9.99. The van der Waals surface area contributed by atoms with Crippen molar-refractivity contribution in [2.24, 2.45) is 5.92 Å². The van der Waals surface area contributed by atoms with Gasteiger partial charge >= 0.3 is 12.4 Å². The molecule has 0 saturated heterocycles. The van der Waals surface area contributed by atoms with Crippen molar-refractivity contribution in [1.82, 2.24) is 0 Å². The Morgan fingerprint density at radius 1 is 1.20 bits per heavy atom. The van der Waals surface area contributed by atoms with Gasteiger partial charge < -0.3 is 4.74 Å². The van der Waals surface area contributed by atoms with Gasteiger partial charge in [0.25, 0.3) is 0 Å². The maximum Gasteiger partial charge on any atom is 0.416 e. The normalized spacial score (nSPS) is 23.3. The van der Waals surface area contributed by atoms with Crippen molar-refractivity contribution >= 4 is 0 Å². The zero-order valence-electron chi connectivity index (χ0n) is 7.67. The topological polar surface area (TPSA) is 9.23 Å². The molecule has 0 bridgehead atoms. The molecule has 1 nitrogen and oxygen atoms in total. The van der Waals surface area contributed by atoms with Gasteiger partial charge in [-0.15, -0.1) is 0 Å². The van der Waals surface area contributed by atoms with E-state index in [0.717, 1.165) is 0 Å². The zero-order chi connectivity index (χ0) is 11.9. The summed E-state index contributed by atoms with van der Waals surface area (Å²) in [6.07, 6.45) is -10.1. The summed E-state index contributed by atoms with van der Waals surface area (Å²) in [6, 6.07) is 0. The monoisotopic (exact) mass is 234 g/mol. The smallest absolute Gasteiger partial charge is 0.416 e. The van der Waals surface area contributed by atoms with Gasteiger partial charge in [-0.2, -0.15) is 26.3 Å². The van der Waals surface area contributed by atoms with E-state index in [-0.39, 0.29) is 6.42 Å². The Morgan fingerprint density at radius 2 is 1.73 bits per heavy atom. The quantitative estimate of drug-likeness (QED) is 0.631. The number of ether oxygens (including phenoxy) is 1. The average Bonchev–Trinajstić information content (AvgIpc) is 2.44. The van der Waals surface area contributed by atoms with Gasteiger partial charge in [-0.3, -0.25) is 0 Å². The number of hydrogen-bond donors (Lipinski definition) is 0. The van der Waals surface area contributed by atoms with Crippen molar-refractivity contribution in [3.05, 3.63) is 11.3 Å². The van der Waals surface area contributed by atoms with Crippen LogP contribution in [0.5, 0.6) is 0 Å². The summed E-state index contributed by atoms with van der Waals surface area (Å²) in [5.41, 5.74) is -1.59. The van der Waals surface area contributed by atoms with E-state index in [0.29, 0.717) is 0 Å². The van der Waals surface area contributed by atoms with Crippen LogP contribution in [0.4, 0.5) is 26.3 Å². The molecule has 0 aromatic heterocycles. The van der Waals surface area contributed by atoms with Crippen molar-refractivity contribution in [3.8, 4) is 0 Å². The highest BCUT2D eigenvalue weighted by molar-refractivity contribution is 5.23. The van der Waals surface area contributed by atoms with Crippen molar-refractivity contribution in [2.45, 2.75) is 25.7 Å². The highest BCUT2D eigenvalue weighted by atomic mass is 19.4. The third-order valence-corrected chi connectivity index (χ3v) is 2.09. The van der Waals surface area contributed by atoms with Crippen LogP contribution in [0.3, 0.4) is 0 Å². The summed E-state index contributed by atoms with van der Waals surface area (Å²) < 4.78 is 78.2. The van der Waals surface area contributed by atoms with Gasteiger partial charge in [-0.05, 0) is 0 Å². The summed E-state index contributed by atoms with van der Waals surface area (Å²) in [4.78, 5) is 0. The Hall–Kier alpha value is -0.880. The summed E-state index contributed by atoms with van der Waals surface area (Å²) in [6.45, 7) is 0.349. The van der Waals surface area contributed by atoms with E-state index in [2.05, 4.69) is 4.74 Å². The molecular weight excluding hydrogens is 226 g/mol. The summed E-state index contributed by atoms with van der Waals surface area (Å²) >= 11 is 0. The molecule has 1 aliphatic heterocycles. The molecule has 0 amide bonds. The van der Waals surface area contributed by atoms with Crippen molar-refractivity contribution in [3.63, 3.8) is 0 Å². The van der Waals surface area contributed by atoms with Crippen LogP contribution >= 0.6 is 0 Å². The van der Waals surface area contributed by atoms with E-state index in [1.54, 1.807) is 0 Å². The molecule has 0 spiro atoms. The zero-order valence-corrected chi connectivity index (χ0v) is 7.67. The molecule has 88 valence electrons. The molecule has 1 rings (SSSR count). The van der Waals surface area contributed by atoms with Crippen LogP contribution in [-0.2, 0) is 4.74 Å². The number of allylic oxidation sites excluding steroid dienone is 1. The van der Waals surface area contributed by atoms with Gasteiger partial charge in [-0.1, -0.05) is 6.92 Å². The summed E-state index contributed by atoms with van der Waals surface area (Å²) in [7, 11) is 0. The third-order valence-electron chi connectivity index (χ3n) is 2.09. The second kappa shape index (κ2) is 3.61. The molecule has 1 aliphatic rings. The molecule has 0 aromatic carbocycles. The molecule has 0 N–H and O–H groups in total. The number of rotatable bonds is 1. The Morgan fingerprint density at radius 3 is 2.07 bits per heavy atom. The average molecular weight is 234 g/mol. The number of halogens is 6.